The number of aryl methyl sites for hydroxylation is 1. The van der Waals surface area contributed by atoms with Crippen LogP contribution in [0.1, 0.15) is 5.89 Å². The maximum absolute atomic E-state index is 5.63. The molecule has 0 unspecified atom stereocenters. The zero-order chi connectivity index (χ0) is 12.4. The summed E-state index contributed by atoms with van der Waals surface area (Å²) in [4.78, 5) is 4.27. The number of halogens is 1. The van der Waals surface area contributed by atoms with Crippen molar-refractivity contribution in [1.82, 2.24) is 15.2 Å². The van der Waals surface area contributed by atoms with Gasteiger partial charge in [0, 0.05) is 29.4 Å². The van der Waals surface area contributed by atoms with Gasteiger partial charge in [0.25, 0.3) is 0 Å². The summed E-state index contributed by atoms with van der Waals surface area (Å²) in [5.74, 6) is 1.55. The minimum absolute atomic E-state index is 0.475. The lowest BCUT2D eigenvalue weighted by Crippen LogP contribution is -1.84. The predicted octanol–water partition coefficient (Wildman–Crippen LogP) is 3.07. The maximum atomic E-state index is 5.63. The van der Waals surface area contributed by atoms with Gasteiger partial charge in [-0.2, -0.15) is 0 Å². The van der Waals surface area contributed by atoms with Crippen molar-refractivity contribution in [3.63, 3.8) is 0 Å². The van der Waals surface area contributed by atoms with Crippen LogP contribution in [0.4, 0.5) is 0 Å². The number of rotatable bonds is 3. The van der Waals surface area contributed by atoms with E-state index in [1.165, 1.54) is 0 Å². The van der Waals surface area contributed by atoms with Gasteiger partial charge in [-0.15, -0.1) is 21.8 Å². The highest BCUT2D eigenvalue weighted by Gasteiger charge is 2.08. The van der Waals surface area contributed by atoms with Gasteiger partial charge in [-0.05, 0) is 24.3 Å². The first kappa shape index (κ1) is 11.2. The summed E-state index contributed by atoms with van der Waals surface area (Å²) in [6.07, 6.45) is 2.36. The molecule has 0 saturated carbocycles. The molecule has 0 spiro atoms. The quantitative estimate of drug-likeness (QED) is 0.679. The number of hydrogen-bond acceptors (Lipinski definition) is 4. The Labute approximate surface area is 109 Å². The SMILES string of the molecule is ClCCc1nnc(-c2ccc3ncccc3c2)o1. The molecule has 0 N–H and O–H groups in total. The molecule has 0 fully saturated rings. The Bertz CT molecular complexity index is 681. The van der Waals surface area contributed by atoms with Crippen LogP contribution in [0.5, 0.6) is 0 Å². The van der Waals surface area contributed by atoms with Gasteiger partial charge < -0.3 is 4.42 Å². The van der Waals surface area contributed by atoms with Crippen LogP contribution < -0.4 is 0 Å². The Balaban J connectivity index is 2.02. The first-order valence-corrected chi connectivity index (χ1v) is 6.14. The lowest BCUT2D eigenvalue weighted by atomic mass is 10.1. The van der Waals surface area contributed by atoms with Gasteiger partial charge in [-0.3, -0.25) is 4.98 Å². The van der Waals surface area contributed by atoms with Crippen LogP contribution in [0.2, 0.25) is 0 Å². The van der Waals surface area contributed by atoms with Gasteiger partial charge >= 0.3 is 0 Å². The lowest BCUT2D eigenvalue weighted by molar-refractivity contribution is 0.514. The lowest BCUT2D eigenvalue weighted by Gasteiger charge is -1.98. The molecule has 0 amide bonds. The first-order chi connectivity index (χ1) is 8.86. The van der Waals surface area contributed by atoms with Crippen molar-refractivity contribution in [2.45, 2.75) is 6.42 Å². The number of nitrogens with zero attached hydrogens (tertiary/aromatic N) is 3. The van der Waals surface area contributed by atoms with Crippen LogP contribution in [-0.4, -0.2) is 21.1 Å². The zero-order valence-corrected chi connectivity index (χ0v) is 10.3. The van der Waals surface area contributed by atoms with E-state index in [0.717, 1.165) is 16.5 Å². The molecule has 0 bridgehead atoms. The molecule has 2 aromatic heterocycles. The molecular formula is C13H10ClN3O. The summed E-state index contributed by atoms with van der Waals surface area (Å²) in [5.41, 5.74) is 1.84. The second kappa shape index (κ2) is 4.74. The van der Waals surface area contributed by atoms with Gasteiger partial charge in [0.05, 0.1) is 5.52 Å². The zero-order valence-electron chi connectivity index (χ0n) is 9.51. The highest BCUT2D eigenvalue weighted by molar-refractivity contribution is 6.17. The summed E-state index contributed by atoms with van der Waals surface area (Å²) < 4.78 is 5.53. The normalized spacial score (nSPS) is 10.9. The molecule has 2 heterocycles. The smallest absolute Gasteiger partial charge is 0.247 e. The van der Waals surface area contributed by atoms with Gasteiger partial charge in [-0.1, -0.05) is 6.07 Å². The van der Waals surface area contributed by atoms with Gasteiger partial charge in [0.2, 0.25) is 11.8 Å². The maximum Gasteiger partial charge on any atom is 0.247 e. The number of fused-ring (bicyclic) bond motifs is 1. The Morgan fingerprint density at radius 1 is 1.17 bits per heavy atom. The third kappa shape index (κ3) is 2.07. The van der Waals surface area contributed by atoms with Crippen LogP contribution in [0, 0.1) is 0 Å². The van der Waals surface area contributed by atoms with E-state index in [0.29, 0.717) is 24.1 Å². The highest BCUT2D eigenvalue weighted by Crippen LogP contribution is 2.22. The average molecular weight is 260 g/mol. The fourth-order valence-corrected chi connectivity index (χ4v) is 1.92. The number of hydrogen-bond donors (Lipinski definition) is 0. The summed E-state index contributed by atoms with van der Waals surface area (Å²) in [6.45, 7) is 0. The standard InChI is InChI=1S/C13H10ClN3O/c14-6-5-12-16-17-13(18-12)10-3-4-11-9(8-10)2-1-7-15-11/h1-4,7-8H,5-6H2. The number of benzene rings is 1. The second-order valence-electron chi connectivity index (χ2n) is 3.85. The number of pyridine rings is 1. The van der Waals surface area contributed by atoms with Crippen molar-refractivity contribution in [2.24, 2.45) is 0 Å². The molecule has 0 radical (unpaired) electrons. The van der Waals surface area contributed by atoms with Crippen LogP contribution in [-0.2, 0) is 6.42 Å². The predicted molar refractivity (Wildman–Crippen MR) is 69.5 cm³/mol. The van der Waals surface area contributed by atoms with Crippen molar-refractivity contribution in [3.05, 3.63) is 42.4 Å². The summed E-state index contributed by atoms with van der Waals surface area (Å²) in [5, 5.41) is 9.01. The Kier molecular flexibility index (Phi) is 2.94. The summed E-state index contributed by atoms with van der Waals surface area (Å²) >= 11 is 5.63. The van der Waals surface area contributed by atoms with Crippen LogP contribution in [0.15, 0.2) is 40.9 Å². The van der Waals surface area contributed by atoms with Gasteiger partial charge in [0.15, 0.2) is 0 Å². The molecule has 4 nitrogen and oxygen atoms in total. The fraction of sp³-hybridized carbons (Fsp3) is 0.154. The summed E-state index contributed by atoms with van der Waals surface area (Å²) in [6, 6.07) is 9.75. The molecule has 3 rings (SSSR count). The van der Waals surface area contributed by atoms with Crippen molar-refractivity contribution in [2.75, 3.05) is 5.88 Å². The Hall–Kier alpha value is -1.94. The third-order valence-corrected chi connectivity index (χ3v) is 2.81. The van der Waals surface area contributed by atoms with Crippen LogP contribution >= 0.6 is 11.6 Å². The van der Waals surface area contributed by atoms with Crippen LogP contribution in [0.3, 0.4) is 0 Å². The monoisotopic (exact) mass is 259 g/mol. The highest BCUT2D eigenvalue weighted by atomic mass is 35.5. The van der Waals surface area contributed by atoms with E-state index in [9.17, 15) is 0 Å². The minimum Gasteiger partial charge on any atom is -0.421 e. The molecule has 3 aromatic rings. The number of alkyl halides is 1. The minimum atomic E-state index is 0.475. The molecule has 0 atom stereocenters. The van der Waals surface area contributed by atoms with E-state index in [-0.39, 0.29) is 0 Å². The van der Waals surface area contributed by atoms with Crippen molar-refractivity contribution in [3.8, 4) is 11.5 Å². The van der Waals surface area contributed by atoms with E-state index in [1.807, 2.05) is 30.3 Å². The van der Waals surface area contributed by atoms with Crippen molar-refractivity contribution in [1.29, 1.82) is 0 Å². The van der Waals surface area contributed by atoms with Gasteiger partial charge in [-0.25, -0.2) is 0 Å². The second-order valence-corrected chi connectivity index (χ2v) is 4.23. The summed E-state index contributed by atoms with van der Waals surface area (Å²) in [7, 11) is 0. The van der Waals surface area contributed by atoms with E-state index in [1.54, 1.807) is 6.20 Å². The molecular weight excluding hydrogens is 250 g/mol. The van der Waals surface area contributed by atoms with E-state index in [2.05, 4.69) is 15.2 Å². The van der Waals surface area contributed by atoms with Crippen molar-refractivity contribution >= 4 is 22.5 Å². The van der Waals surface area contributed by atoms with E-state index in [4.69, 9.17) is 16.0 Å². The molecule has 1 aromatic carbocycles. The topological polar surface area (TPSA) is 51.8 Å². The molecule has 5 heteroatoms. The Morgan fingerprint density at radius 3 is 3.00 bits per heavy atom. The van der Waals surface area contributed by atoms with E-state index >= 15 is 0 Å². The molecule has 18 heavy (non-hydrogen) atoms. The van der Waals surface area contributed by atoms with Crippen LogP contribution in [0.25, 0.3) is 22.4 Å². The van der Waals surface area contributed by atoms with Gasteiger partial charge in [0.1, 0.15) is 0 Å². The van der Waals surface area contributed by atoms with Crippen molar-refractivity contribution < 1.29 is 4.42 Å². The molecule has 0 aliphatic heterocycles. The molecule has 0 aliphatic carbocycles. The Morgan fingerprint density at radius 2 is 2.11 bits per heavy atom. The fourth-order valence-electron chi connectivity index (χ4n) is 1.76. The van der Waals surface area contributed by atoms with E-state index < -0.39 is 0 Å². The molecule has 90 valence electrons. The average Bonchev–Trinajstić information content (AvgIpc) is 2.87. The largest absolute Gasteiger partial charge is 0.421 e. The third-order valence-electron chi connectivity index (χ3n) is 2.63. The first-order valence-electron chi connectivity index (χ1n) is 5.60. The molecule has 0 aliphatic rings. The number of aromatic nitrogens is 3. The molecule has 0 saturated heterocycles.